The molecule has 3 aromatic carbocycles. The lowest BCUT2D eigenvalue weighted by atomic mass is 9.83. The average molecular weight is 666 g/mol. The van der Waals surface area contributed by atoms with Crippen LogP contribution < -0.4 is 10.1 Å². The van der Waals surface area contributed by atoms with E-state index in [2.05, 4.69) is 45.3 Å². The summed E-state index contributed by atoms with van der Waals surface area (Å²) >= 11 is 0. The lowest BCUT2D eigenvalue weighted by molar-refractivity contribution is -0.189. The number of carbonyl (C=O) groups is 3. The normalized spacial score (nSPS) is 18.3. The highest BCUT2D eigenvalue weighted by Crippen LogP contribution is 2.38. The topological polar surface area (TPSA) is 106 Å². The van der Waals surface area contributed by atoms with Crippen LogP contribution >= 0.6 is 0 Å². The average Bonchev–Trinajstić information content (AvgIpc) is 3.06. The van der Waals surface area contributed by atoms with Gasteiger partial charge in [-0.05, 0) is 53.3 Å². The molecule has 2 N–H and O–H groups in total. The smallest absolute Gasteiger partial charge is 0.334 e. The molecule has 2 saturated heterocycles. The van der Waals surface area contributed by atoms with Crippen LogP contribution in [0.15, 0.2) is 86.0 Å². The van der Waals surface area contributed by atoms with Crippen molar-refractivity contribution >= 4 is 23.4 Å². The van der Waals surface area contributed by atoms with Crippen molar-refractivity contribution in [3.05, 3.63) is 114 Å². The highest BCUT2D eigenvalue weighted by atomic mass is 16.5. The molecule has 0 unspecified atom stereocenters. The Bertz CT molecular complexity index is 1720. The second kappa shape index (κ2) is 14.6. The second-order valence-electron chi connectivity index (χ2n) is 13.8. The maximum absolute atomic E-state index is 14.6. The van der Waals surface area contributed by atoms with Crippen molar-refractivity contribution in [1.82, 2.24) is 25.1 Å². The molecule has 2 heterocycles. The van der Waals surface area contributed by atoms with Crippen molar-refractivity contribution in [2.45, 2.75) is 64.8 Å². The molecule has 2 aliphatic heterocycles. The van der Waals surface area contributed by atoms with Crippen LogP contribution in [0.2, 0.25) is 0 Å². The van der Waals surface area contributed by atoms with Crippen molar-refractivity contribution in [1.29, 1.82) is 0 Å². The van der Waals surface area contributed by atoms with Crippen LogP contribution in [0, 0.1) is 0 Å². The molecular weight excluding hydrogens is 618 g/mol. The van der Waals surface area contributed by atoms with Gasteiger partial charge in [0.1, 0.15) is 23.7 Å². The highest BCUT2D eigenvalue weighted by molar-refractivity contribution is 5.92. The number of carbonyl (C=O) groups excluding carboxylic acids is 3. The summed E-state index contributed by atoms with van der Waals surface area (Å²) in [5, 5.41) is 16.2. The van der Waals surface area contributed by atoms with Gasteiger partial charge in [0.15, 0.2) is 0 Å². The summed E-state index contributed by atoms with van der Waals surface area (Å²) in [7, 11) is 1.63. The summed E-state index contributed by atoms with van der Waals surface area (Å²) < 4.78 is 6.00. The second-order valence-corrected chi connectivity index (χ2v) is 13.8. The minimum absolute atomic E-state index is 0.0777. The third-order valence-corrected chi connectivity index (χ3v) is 9.06. The number of methoxy groups -OCH3 is 1. The van der Waals surface area contributed by atoms with Gasteiger partial charge >= 0.3 is 6.03 Å². The van der Waals surface area contributed by atoms with Gasteiger partial charge in [0.2, 0.25) is 11.8 Å². The molecule has 49 heavy (non-hydrogen) atoms. The number of amides is 4. The minimum Gasteiger partial charge on any atom is -0.508 e. The molecule has 10 heteroatoms. The van der Waals surface area contributed by atoms with Crippen molar-refractivity contribution in [2.75, 3.05) is 26.7 Å². The number of ether oxygens (including phenoxy) is 1. The molecule has 2 atom stereocenters. The number of hydrogen-bond acceptors (Lipinski definition) is 6. The van der Waals surface area contributed by atoms with E-state index in [1.165, 1.54) is 0 Å². The first-order valence-corrected chi connectivity index (χ1v) is 16.5. The number of fused-ring (bicyclic) bond motifs is 1. The van der Waals surface area contributed by atoms with Gasteiger partial charge in [-0.25, -0.2) is 14.8 Å². The van der Waals surface area contributed by atoms with Gasteiger partial charge in [0.05, 0.1) is 20.2 Å². The zero-order valence-electron chi connectivity index (χ0n) is 29.1. The molecule has 258 valence electrons. The molecule has 10 nitrogen and oxygen atoms in total. The monoisotopic (exact) mass is 665 g/mol. The van der Waals surface area contributed by atoms with E-state index in [0.29, 0.717) is 12.3 Å². The first-order chi connectivity index (χ1) is 23.3. The predicted octanol–water partition coefficient (Wildman–Crippen LogP) is 5.47. The minimum atomic E-state index is -0.900. The Kier molecular flexibility index (Phi) is 10.5. The summed E-state index contributed by atoms with van der Waals surface area (Å²) in [6.45, 7) is 17.1. The molecular formula is C39H47N5O5. The fourth-order valence-electron chi connectivity index (χ4n) is 6.61. The number of piperazine rings is 1. The van der Waals surface area contributed by atoms with Crippen LogP contribution in [0.3, 0.4) is 0 Å². The lowest BCUT2D eigenvalue weighted by Gasteiger charge is -2.55. The van der Waals surface area contributed by atoms with Gasteiger partial charge in [0.25, 0.3) is 0 Å². The predicted molar refractivity (Wildman–Crippen MR) is 190 cm³/mol. The fraction of sp³-hybridized carbons (Fsp3) is 0.359. The molecule has 4 amide bonds. The van der Waals surface area contributed by atoms with Gasteiger partial charge in [-0.2, -0.15) is 0 Å². The molecule has 5 rings (SSSR count). The van der Waals surface area contributed by atoms with E-state index in [1.54, 1.807) is 57.3 Å². The zero-order valence-corrected chi connectivity index (χ0v) is 29.1. The Hall–Kier alpha value is -5.09. The highest BCUT2D eigenvalue weighted by Gasteiger charge is 2.51. The molecule has 0 spiro atoms. The van der Waals surface area contributed by atoms with Gasteiger partial charge in [-0.15, -0.1) is 6.58 Å². The molecule has 0 bridgehead atoms. The number of phenolic OH excluding ortho intramolecular Hbond substituents is 1. The fourth-order valence-corrected chi connectivity index (χ4v) is 6.61. The molecule has 0 radical (unpaired) electrons. The van der Waals surface area contributed by atoms with Gasteiger partial charge < -0.3 is 25.0 Å². The molecule has 3 aromatic rings. The first-order valence-electron chi connectivity index (χ1n) is 16.5. The molecule has 0 aromatic heterocycles. The Balaban J connectivity index is 1.58. The largest absolute Gasteiger partial charge is 0.508 e. The number of benzene rings is 3. The van der Waals surface area contributed by atoms with Crippen molar-refractivity contribution in [3.63, 3.8) is 0 Å². The number of nitrogens with one attached hydrogen (secondary N) is 1. The number of hydrazine groups is 1. The quantitative estimate of drug-likeness (QED) is 0.279. The van der Waals surface area contributed by atoms with E-state index in [4.69, 9.17) is 4.74 Å². The van der Waals surface area contributed by atoms with Crippen LogP contribution in [0.5, 0.6) is 11.5 Å². The SMILES string of the molecule is C=CCN1CC(=O)N2[C@@H](Cc3ccc(O)cc3)C(=O)N(Cc3cc(C(=C)C)cc(C(C)(C)C)c3OC)C[C@@H]2N1C(=O)NCc1ccccc1. The maximum Gasteiger partial charge on any atom is 0.334 e. The van der Waals surface area contributed by atoms with Crippen LogP contribution in [0.25, 0.3) is 5.57 Å². The number of hydrogen-bond donors (Lipinski definition) is 2. The zero-order chi connectivity index (χ0) is 35.5. The number of aromatic hydroxyl groups is 1. The molecule has 2 fully saturated rings. The number of allylic oxidation sites excluding steroid dienone is 1. The van der Waals surface area contributed by atoms with Crippen LogP contribution in [0.4, 0.5) is 4.79 Å². The van der Waals surface area contributed by atoms with E-state index in [0.717, 1.165) is 33.4 Å². The third-order valence-electron chi connectivity index (χ3n) is 9.06. The number of nitrogens with zero attached hydrogens (tertiary/aromatic N) is 4. The summed E-state index contributed by atoms with van der Waals surface area (Å²) in [6.07, 6.45) is 1.06. The van der Waals surface area contributed by atoms with Crippen LogP contribution in [-0.4, -0.2) is 81.7 Å². The number of rotatable bonds is 10. The van der Waals surface area contributed by atoms with Gasteiger partial charge in [-0.1, -0.05) is 81.5 Å². The summed E-state index contributed by atoms with van der Waals surface area (Å²) in [5.41, 5.74) is 5.07. The Morgan fingerprint density at radius 1 is 1.06 bits per heavy atom. The third kappa shape index (κ3) is 7.65. The van der Waals surface area contributed by atoms with Gasteiger partial charge in [0, 0.05) is 37.2 Å². The first kappa shape index (κ1) is 35.2. The van der Waals surface area contributed by atoms with E-state index < -0.39 is 12.2 Å². The van der Waals surface area contributed by atoms with E-state index in [9.17, 15) is 19.5 Å². The number of phenols is 1. The lowest BCUT2D eigenvalue weighted by Crippen LogP contribution is -2.76. The van der Waals surface area contributed by atoms with Crippen molar-refractivity contribution in [2.24, 2.45) is 0 Å². The maximum atomic E-state index is 14.6. The Labute approximate surface area is 289 Å². The Morgan fingerprint density at radius 3 is 2.37 bits per heavy atom. The van der Waals surface area contributed by atoms with Gasteiger partial charge in [-0.3, -0.25) is 9.59 Å². The Morgan fingerprint density at radius 2 is 1.76 bits per heavy atom. The molecule has 0 saturated carbocycles. The van der Waals surface area contributed by atoms with E-state index in [1.807, 2.05) is 43.3 Å². The summed E-state index contributed by atoms with van der Waals surface area (Å²) in [6, 6.07) is 19.0. The molecule has 0 aliphatic carbocycles. The van der Waals surface area contributed by atoms with E-state index >= 15 is 0 Å². The standard InChI is InChI=1S/C39H47N5O5/c1-8-18-42-25-35(46)43-33(19-27-14-16-31(45)17-15-27)37(47)41(24-34(43)44(42)38(48)40-22-28-12-10-9-11-13-28)23-30-20-29(26(2)3)21-32(36(30)49-7)39(4,5)6/h8-17,20-21,33-34,45H,1-2,18-19,22-25H2,3-7H3,(H,40,48)/t33-,34-/m0/s1. The van der Waals surface area contributed by atoms with Crippen LogP contribution in [-0.2, 0) is 34.5 Å². The van der Waals surface area contributed by atoms with Crippen molar-refractivity contribution < 1.29 is 24.2 Å². The van der Waals surface area contributed by atoms with Crippen LogP contribution in [0.1, 0.15) is 55.5 Å². The summed E-state index contributed by atoms with van der Waals surface area (Å²) in [5.74, 6) is 0.299. The molecule has 2 aliphatic rings. The van der Waals surface area contributed by atoms with E-state index in [-0.39, 0.29) is 61.6 Å². The summed E-state index contributed by atoms with van der Waals surface area (Å²) in [4.78, 5) is 45.9. The number of urea groups is 1. The van der Waals surface area contributed by atoms with Crippen molar-refractivity contribution in [3.8, 4) is 11.5 Å².